The summed E-state index contributed by atoms with van der Waals surface area (Å²) in [6.07, 6.45) is 3.90. The number of ether oxygens (including phenoxy) is 2. The number of benzene rings is 1. The molecule has 0 radical (unpaired) electrons. The van der Waals surface area contributed by atoms with Crippen molar-refractivity contribution < 1.29 is 14.3 Å². The average molecular weight is 282 g/mol. The zero-order valence-corrected chi connectivity index (χ0v) is 11.4. The third kappa shape index (κ3) is 2.71. The molecule has 2 aromatic rings. The molecule has 1 aliphatic heterocycles. The second-order valence-electron chi connectivity index (χ2n) is 4.94. The number of nitrogens with zero attached hydrogens (tertiary/aromatic N) is 2. The van der Waals surface area contributed by atoms with Crippen molar-refractivity contribution >= 4 is 17.2 Å². The molecule has 106 valence electrons. The maximum Gasteiger partial charge on any atom is 0.150 e. The van der Waals surface area contributed by atoms with Crippen molar-refractivity contribution in [3.05, 3.63) is 35.5 Å². The van der Waals surface area contributed by atoms with Crippen LogP contribution in [-0.2, 0) is 4.74 Å². The Bertz CT molecular complexity index is 715. The van der Waals surface area contributed by atoms with E-state index in [2.05, 4.69) is 11.1 Å². The van der Waals surface area contributed by atoms with Gasteiger partial charge in [-0.1, -0.05) is 0 Å². The van der Waals surface area contributed by atoms with Gasteiger partial charge in [0.15, 0.2) is 0 Å². The van der Waals surface area contributed by atoms with Gasteiger partial charge in [-0.3, -0.25) is 9.78 Å². The molecule has 0 bridgehead atoms. The third-order valence-corrected chi connectivity index (χ3v) is 3.55. The minimum absolute atomic E-state index is 0.0244. The van der Waals surface area contributed by atoms with Gasteiger partial charge < -0.3 is 9.47 Å². The zero-order chi connectivity index (χ0) is 14.7. The first-order valence-electron chi connectivity index (χ1n) is 6.84. The van der Waals surface area contributed by atoms with Gasteiger partial charge in [-0.2, -0.15) is 5.26 Å². The monoisotopic (exact) mass is 282 g/mol. The first-order valence-corrected chi connectivity index (χ1v) is 6.84. The fourth-order valence-electron chi connectivity index (χ4n) is 2.43. The van der Waals surface area contributed by atoms with E-state index in [0.717, 1.165) is 19.1 Å². The molecule has 2 heterocycles. The van der Waals surface area contributed by atoms with E-state index in [0.29, 0.717) is 41.0 Å². The molecule has 1 aromatic heterocycles. The van der Waals surface area contributed by atoms with E-state index in [9.17, 15) is 10.1 Å². The smallest absolute Gasteiger partial charge is 0.150 e. The Morgan fingerprint density at radius 2 is 2.19 bits per heavy atom. The van der Waals surface area contributed by atoms with Gasteiger partial charge in [-0.05, 0) is 18.2 Å². The Balaban J connectivity index is 2.07. The number of rotatable bonds is 3. The normalized spacial score (nSPS) is 15.6. The summed E-state index contributed by atoms with van der Waals surface area (Å²) in [5.74, 6) is 0.512. The van der Waals surface area contributed by atoms with Crippen molar-refractivity contribution in [1.82, 2.24) is 4.98 Å². The molecule has 0 unspecified atom stereocenters. The standard InChI is InChI=1S/C16H14N2O3/c17-8-12-9-18-15-2-1-11(10-19)7-14(15)16(12)21-13-3-5-20-6-4-13/h1-2,7,9-10,13H,3-6H2. The van der Waals surface area contributed by atoms with E-state index < -0.39 is 0 Å². The highest BCUT2D eigenvalue weighted by Gasteiger charge is 2.19. The Morgan fingerprint density at radius 3 is 2.90 bits per heavy atom. The fourth-order valence-corrected chi connectivity index (χ4v) is 2.43. The molecule has 5 nitrogen and oxygen atoms in total. The summed E-state index contributed by atoms with van der Waals surface area (Å²) in [7, 11) is 0. The highest BCUT2D eigenvalue weighted by Crippen LogP contribution is 2.31. The van der Waals surface area contributed by atoms with Crippen LogP contribution in [0.1, 0.15) is 28.8 Å². The molecular formula is C16H14N2O3. The Morgan fingerprint density at radius 1 is 1.38 bits per heavy atom. The summed E-state index contributed by atoms with van der Waals surface area (Å²) in [4.78, 5) is 15.2. The van der Waals surface area contributed by atoms with E-state index in [1.807, 2.05) is 0 Å². The molecule has 0 aliphatic carbocycles. The van der Waals surface area contributed by atoms with E-state index in [4.69, 9.17) is 9.47 Å². The number of carbonyl (C=O) groups excluding carboxylic acids is 1. The second kappa shape index (κ2) is 5.90. The lowest BCUT2D eigenvalue weighted by molar-refractivity contribution is 0.0260. The molecule has 0 saturated carbocycles. The molecule has 0 atom stereocenters. The molecule has 5 heteroatoms. The van der Waals surface area contributed by atoms with E-state index in [-0.39, 0.29) is 6.10 Å². The van der Waals surface area contributed by atoms with Gasteiger partial charge in [-0.15, -0.1) is 0 Å². The molecule has 1 aromatic carbocycles. The molecule has 3 rings (SSSR count). The van der Waals surface area contributed by atoms with Crippen LogP contribution in [-0.4, -0.2) is 30.6 Å². The molecule has 0 N–H and O–H groups in total. The molecule has 0 spiro atoms. The van der Waals surface area contributed by atoms with Crippen LogP contribution in [0.4, 0.5) is 0 Å². The fraction of sp³-hybridized carbons (Fsp3) is 0.312. The van der Waals surface area contributed by atoms with Crippen molar-refractivity contribution in [3.8, 4) is 11.8 Å². The van der Waals surface area contributed by atoms with Crippen LogP contribution < -0.4 is 4.74 Å². The predicted molar refractivity (Wildman–Crippen MR) is 76.3 cm³/mol. The molecule has 0 amide bonds. The highest BCUT2D eigenvalue weighted by atomic mass is 16.5. The van der Waals surface area contributed by atoms with Crippen molar-refractivity contribution in [2.75, 3.05) is 13.2 Å². The minimum atomic E-state index is 0.0244. The van der Waals surface area contributed by atoms with Crippen molar-refractivity contribution in [3.63, 3.8) is 0 Å². The van der Waals surface area contributed by atoms with Crippen LogP contribution in [0.2, 0.25) is 0 Å². The lowest BCUT2D eigenvalue weighted by Crippen LogP contribution is -2.26. The number of hydrogen-bond acceptors (Lipinski definition) is 5. The topological polar surface area (TPSA) is 72.2 Å². The summed E-state index contributed by atoms with van der Waals surface area (Å²) >= 11 is 0. The number of carbonyl (C=O) groups is 1. The second-order valence-corrected chi connectivity index (χ2v) is 4.94. The summed E-state index contributed by atoms with van der Waals surface area (Å²) in [5, 5.41) is 9.97. The van der Waals surface area contributed by atoms with Gasteiger partial charge in [0.1, 0.15) is 29.8 Å². The van der Waals surface area contributed by atoms with E-state index in [1.165, 1.54) is 6.20 Å². The predicted octanol–water partition coefficient (Wildman–Crippen LogP) is 2.48. The summed E-state index contributed by atoms with van der Waals surface area (Å²) in [6.45, 7) is 1.32. The Labute approximate surface area is 122 Å². The van der Waals surface area contributed by atoms with Crippen molar-refractivity contribution in [2.24, 2.45) is 0 Å². The average Bonchev–Trinajstić information content (AvgIpc) is 2.55. The molecule has 21 heavy (non-hydrogen) atoms. The first-order chi connectivity index (χ1) is 10.3. The summed E-state index contributed by atoms with van der Waals surface area (Å²) in [6, 6.07) is 7.28. The third-order valence-electron chi connectivity index (χ3n) is 3.55. The number of pyridine rings is 1. The van der Waals surface area contributed by atoms with Gasteiger partial charge in [-0.25, -0.2) is 0 Å². The lowest BCUT2D eigenvalue weighted by atomic mass is 10.1. The Hall–Kier alpha value is -2.45. The molecular weight excluding hydrogens is 268 g/mol. The number of aromatic nitrogens is 1. The summed E-state index contributed by atoms with van der Waals surface area (Å²) < 4.78 is 11.3. The molecule has 1 saturated heterocycles. The van der Waals surface area contributed by atoms with E-state index in [1.54, 1.807) is 18.2 Å². The number of fused-ring (bicyclic) bond motifs is 1. The minimum Gasteiger partial charge on any atom is -0.488 e. The van der Waals surface area contributed by atoms with Gasteiger partial charge >= 0.3 is 0 Å². The number of hydrogen-bond donors (Lipinski definition) is 0. The first kappa shape index (κ1) is 13.5. The Kier molecular flexibility index (Phi) is 3.80. The highest BCUT2D eigenvalue weighted by molar-refractivity contribution is 5.92. The quantitative estimate of drug-likeness (QED) is 0.809. The van der Waals surface area contributed by atoms with Crippen LogP contribution >= 0.6 is 0 Å². The van der Waals surface area contributed by atoms with Gasteiger partial charge in [0.05, 0.1) is 18.7 Å². The SMILES string of the molecule is N#Cc1cnc2ccc(C=O)cc2c1OC1CCOCC1. The maximum atomic E-state index is 11.0. The van der Waals surface area contributed by atoms with Crippen LogP contribution in [0.25, 0.3) is 10.9 Å². The van der Waals surface area contributed by atoms with Crippen LogP contribution in [0.15, 0.2) is 24.4 Å². The van der Waals surface area contributed by atoms with Gasteiger partial charge in [0.25, 0.3) is 0 Å². The van der Waals surface area contributed by atoms with Gasteiger partial charge in [0, 0.05) is 30.0 Å². The van der Waals surface area contributed by atoms with E-state index >= 15 is 0 Å². The van der Waals surface area contributed by atoms with Crippen molar-refractivity contribution in [2.45, 2.75) is 18.9 Å². The molecule has 1 aliphatic rings. The maximum absolute atomic E-state index is 11.0. The summed E-state index contributed by atoms with van der Waals surface area (Å²) in [5.41, 5.74) is 1.63. The lowest BCUT2D eigenvalue weighted by Gasteiger charge is -2.24. The number of nitriles is 1. The van der Waals surface area contributed by atoms with Crippen LogP contribution in [0, 0.1) is 11.3 Å². The van der Waals surface area contributed by atoms with Gasteiger partial charge in [0.2, 0.25) is 0 Å². The van der Waals surface area contributed by atoms with Crippen LogP contribution in [0.5, 0.6) is 5.75 Å². The zero-order valence-electron chi connectivity index (χ0n) is 11.4. The number of aldehydes is 1. The van der Waals surface area contributed by atoms with Crippen LogP contribution in [0.3, 0.4) is 0 Å². The van der Waals surface area contributed by atoms with Crippen molar-refractivity contribution in [1.29, 1.82) is 5.26 Å². The largest absolute Gasteiger partial charge is 0.488 e. The molecule has 1 fully saturated rings.